The Hall–Kier alpha value is -2.23. The minimum atomic E-state index is 0.229. The Bertz CT molecular complexity index is 1050. The van der Waals surface area contributed by atoms with E-state index in [1.807, 2.05) is 48.5 Å². The summed E-state index contributed by atoms with van der Waals surface area (Å²) >= 11 is 11.2. The van der Waals surface area contributed by atoms with Gasteiger partial charge in [0.1, 0.15) is 5.58 Å². The number of nitrogens with zero attached hydrogens (tertiary/aromatic N) is 1. The van der Waals surface area contributed by atoms with Gasteiger partial charge >= 0.3 is 0 Å². The maximum Gasteiger partial charge on any atom is 0.289 e. The summed E-state index contributed by atoms with van der Waals surface area (Å²) in [5, 5.41) is 3.89. The van der Waals surface area contributed by atoms with Gasteiger partial charge in [0, 0.05) is 10.6 Å². The zero-order valence-electron chi connectivity index (χ0n) is 11.4. The summed E-state index contributed by atoms with van der Waals surface area (Å²) in [6.45, 7) is 0. The van der Waals surface area contributed by atoms with Crippen molar-refractivity contribution in [3.63, 3.8) is 0 Å². The second-order valence-corrected chi connectivity index (χ2v) is 5.78. The van der Waals surface area contributed by atoms with Gasteiger partial charge in [0.25, 0.3) is 4.84 Å². The zero-order valence-corrected chi connectivity index (χ0v) is 13.0. The Balaban J connectivity index is 2.18. The number of rotatable bonds is 1. The van der Waals surface area contributed by atoms with E-state index in [0.717, 1.165) is 33.0 Å². The van der Waals surface area contributed by atoms with E-state index in [9.17, 15) is 0 Å². The van der Waals surface area contributed by atoms with Gasteiger partial charge in [0.2, 0.25) is 0 Å². The Kier molecular flexibility index (Phi) is 3.17. The quantitative estimate of drug-likeness (QED) is 0.316. The molecule has 0 saturated heterocycles. The topological polar surface area (TPSA) is 26.0 Å². The van der Waals surface area contributed by atoms with Gasteiger partial charge < -0.3 is 4.42 Å². The van der Waals surface area contributed by atoms with Crippen molar-refractivity contribution < 1.29 is 4.42 Å². The fourth-order valence-electron chi connectivity index (χ4n) is 2.66. The molecule has 0 radical (unpaired) electrons. The third-order valence-corrected chi connectivity index (χ3v) is 4.07. The van der Waals surface area contributed by atoms with Crippen molar-refractivity contribution in [1.82, 2.24) is 4.98 Å². The number of fused-ring (bicyclic) bond motifs is 3. The van der Waals surface area contributed by atoms with Gasteiger partial charge in [-0.25, -0.2) is 4.98 Å². The van der Waals surface area contributed by atoms with Gasteiger partial charge in [0.05, 0.1) is 11.1 Å². The van der Waals surface area contributed by atoms with Crippen molar-refractivity contribution in [2.45, 2.75) is 0 Å². The lowest BCUT2D eigenvalue weighted by atomic mass is 10.0. The van der Waals surface area contributed by atoms with E-state index in [1.54, 1.807) is 0 Å². The van der Waals surface area contributed by atoms with Crippen LogP contribution in [0.1, 0.15) is 0 Å². The molecular weight excluding hydrogens is 314 g/mol. The fraction of sp³-hybridized carbons (Fsp3) is 0. The van der Waals surface area contributed by atoms with E-state index in [2.05, 4.69) is 17.1 Å². The molecule has 4 rings (SSSR count). The first kappa shape index (κ1) is 13.4. The predicted molar refractivity (Wildman–Crippen MR) is 92.8 cm³/mol. The predicted octanol–water partition coefficient (Wildman–Crippen LogP) is 6.03. The van der Waals surface area contributed by atoms with Crippen LogP contribution in [0.25, 0.3) is 33.0 Å². The minimum Gasteiger partial charge on any atom is -0.430 e. The monoisotopic (exact) mass is 323 g/mol. The van der Waals surface area contributed by atoms with Crippen molar-refractivity contribution in [2.24, 2.45) is 0 Å². The Morgan fingerprint density at radius 3 is 2.50 bits per heavy atom. The smallest absolute Gasteiger partial charge is 0.289 e. The van der Waals surface area contributed by atoms with E-state index in [4.69, 9.17) is 28.2 Å². The molecule has 106 valence electrons. The molecule has 22 heavy (non-hydrogen) atoms. The highest BCUT2D eigenvalue weighted by atomic mass is 35.5. The molecule has 1 aromatic heterocycles. The van der Waals surface area contributed by atoms with Crippen LogP contribution in [0.5, 0.6) is 0 Å². The number of hydrogen-bond acceptors (Lipinski definition) is 3. The van der Waals surface area contributed by atoms with Gasteiger partial charge in [-0.3, -0.25) is 0 Å². The van der Waals surface area contributed by atoms with Gasteiger partial charge in [0.15, 0.2) is 0 Å². The van der Waals surface area contributed by atoms with Crippen molar-refractivity contribution in [1.29, 1.82) is 0 Å². The lowest BCUT2D eigenvalue weighted by Gasteiger charge is -2.08. The Morgan fingerprint density at radius 1 is 0.909 bits per heavy atom. The molecular formula is C18H10ClNOS. The highest BCUT2D eigenvalue weighted by Gasteiger charge is 2.11. The van der Waals surface area contributed by atoms with Crippen LogP contribution < -0.4 is 0 Å². The fourth-order valence-corrected chi connectivity index (χ4v) is 2.97. The second kappa shape index (κ2) is 5.20. The average molecular weight is 324 g/mol. The third-order valence-electron chi connectivity index (χ3n) is 3.65. The third kappa shape index (κ3) is 2.19. The van der Waals surface area contributed by atoms with E-state index in [-0.39, 0.29) is 4.84 Å². The summed E-state index contributed by atoms with van der Waals surface area (Å²) in [5.41, 5.74) is 2.52. The van der Waals surface area contributed by atoms with E-state index < -0.39 is 0 Å². The summed E-state index contributed by atoms with van der Waals surface area (Å²) in [5.74, 6) is 0. The van der Waals surface area contributed by atoms with Crippen LogP contribution in [-0.4, -0.2) is 4.98 Å². The summed E-state index contributed by atoms with van der Waals surface area (Å²) in [4.78, 5) is 4.69. The molecule has 0 atom stereocenters. The first-order valence-corrected chi connectivity index (χ1v) is 7.59. The second-order valence-electron chi connectivity index (χ2n) is 5.00. The number of benzene rings is 3. The van der Waals surface area contributed by atoms with Crippen LogP contribution in [0.4, 0.5) is 0 Å². The molecule has 2 nitrogen and oxygen atoms in total. The molecule has 0 aliphatic carbocycles. The first-order chi connectivity index (χ1) is 10.7. The average Bonchev–Trinajstić information content (AvgIpc) is 2.54. The Morgan fingerprint density at radius 2 is 1.68 bits per heavy atom. The van der Waals surface area contributed by atoms with E-state index in [0.29, 0.717) is 5.02 Å². The van der Waals surface area contributed by atoms with Crippen molar-refractivity contribution in [3.8, 4) is 11.3 Å². The summed E-state index contributed by atoms with van der Waals surface area (Å²) in [7, 11) is 0. The van der Waals surface area contributed by atoms with Crippen LogP contribution in [-0.2, 0) is 0 Å². The van der Waals surface area contributed by atoms with E-state index in [1.165, 1.54) is 0 Å². The summed E-state index contributed by atoms with van der Waals surface area (Å²) < 4.78 is 5.63. The molecule has 0 N–H and O–H groups in total. The minimum absolute atomic E-state index is 0.229. The van der Waals surface area contributed by atoms with E-state index >= 15 is 0 Å². The molecule has 1 heterocycles. The SMILES string of the molecule is S=c1nc(-c2ccc(Cl)cc2)c2c(ccc3ccccc32)o1. The summed E-state index contributed by atoms with van der Waals surface area (Å²) in [6, 6.07) is 19.7. The molecule has 0 fully saturated rings. The summed E-state index contributed by atoms with van der Waals surface area (Å²) in [6.07, 6.45) is 0. The number of halogens is 1. The normalized spacial score (nSPS) is 11.1. The Labute approximate surface area is 137 Å². The molecule has 0 spiro atoms. The molecule has 0 aliphatic heterocycles. The van der Waals surface area contributed by atoms with Crippen molar-refractivity contribution >= 4 is 45.6 Å². The lowest BCUT2D eigenvalue weighted by molar-refractivity contribution is 0.562. The maximum atomic E-state index is 5.98. The zero-order chi connectivity index (χ0) is 15.1. The lowest BCUT2D eigenvalue weighted by Crippen LogP contribution is -1.89. The highest BCUT2D eigenvalue weighted by Crippen LogP contribution is 2.33. The van der Waals surface area contributed by atoms with Crippen LogP contribution in [0.15, 0.2) is 65.1 Å². The highest BCUT2D eigenvalue weighted by molar-refractivity contribution is 7.71. The largest absolute Gasteiger partial charge is 0.430 e. The van der Waals surface area contributed by atoms with Crippen LogP contribution >= 0.6 is 23.8 Å². The molecule has 4 aromatic rings. The molecule has 3 aromatic carbocycles. The van der Waals surface area contributed by atoms with Gasteiger partial charge in [-0.1, -0.05) is 54.1 Å². The molecule has 0 aliphatic rings. The first-order valence-electron chi connectivity index (χ1n) is 6.81. The number of aromatic nitrogens is 1. The van der Waals surface area contributed by atoms with Gasteiger partial charge in [-0.2, -0.15) is 0 Å². The number of hydrogen-bond donors (Lipinski definition) is 0. The maximum absolute atomic E-state index is 5.98. The molecule has 0 unspecified atom stereocenters. The molecule has 0 amide bonds. The molecule has 0 bridgehead atoms. The van der Waals surface area contributed by atoms with Crippen LogP contribution in [0, 0.1) is 4.84 Å². The molecule has 4 heteroatoms. The van der Waals surface area contributed by atoms with Gasteiger partial charge in [-0.05, 0) is 41.2 Å². The van der Waals surface area contributed by atoms with Crippen molar-refractivity contribution in [3.05, 3.63) is 70.5 Å². The standard InChI is InChI=1S/C18H10ClNOS/c19-13-8-5-12(6-9-13)17-16-14-4-2-1-3-11(14)7-10-15(16)21-18(22)20-17/h1-10H. The van der Waals surface area contributed by atoms with Crippen LogP contribution in [0.2, 0.25) is 5.02 Å². The van der Waals surface area contributed by atoms with Crippen LogP contribution in [0.3, 0.4) is 0 Å². The van der Waals surface area contributed by atoms with Gasteiger partial charge in [-0.15, -0.1) is 0 Å². The van der Waals surface area contributed by atoms with Crippen molar-refractivity contribution in [2.75, 3.05) is 0 Å². The molecule has 0 saturated carbocycles.